The largest absolute Gasteiger partial charge is 0.481 e. The first-order chi connectivity index (χ1) is 11.4. The van der Waals surface area contributed by atoms with E-state index >= 15 is 0 Å². The summed E-state index contributed by atoms with van der Waals surface area (Å²) in [6.45, 7) is 1.61. The molecular formula is C17H20N2O5. The highest BCUT2D eigenvalue weighted by Gasteiger charge is 2.57. The second kappa shape index (κ2) is 5.90. The molecule has 1 amide bonds. The molecule has 1 aromatic rings. The van der Waals surface area contributed by atoms with Crippen LogP contribution >= 0.6 is 0 Å². The summed E-state index contributed by atoms with van der Waals surface area (Å²) in [5.41, 5.74) is -0.480. The number of hydrogen-bond acceptors (Lipinski definition) is 5. The Morgan fingerprint density at radius 3 is 2.42 bits per heavy atom. The van der Waals surface area contributed by atoms with Crippen LogP contribution in [0.3, 0.4) is 0 Å². The average Bonchev–Trinajstić information content (AvgIpc) is 3.07. The van der Waals surface area contributed by atoms with Gasteiger partial charge in [0.25, 0.3) is 5.91 Å². The highest BCUT2D eigenvalue weighted by Crippen LogP contribution is 2.42. The van der Waals surface area contributed by atoms with E-state index in [-0.39, 0.29) is 29.5 Å². The van der Waals surface area contributed by atoms with Gasteiger partial charge in [-0.1, -0.05) is 12.1 Å². The van der Waals surface area contributed by atoms with Gasteiger partial charge in [-0.3, -0.25) is 9.59 Å². The number of hydrogen-bond donors (Lipinski definition) is 1. The molecule has 0 aromatic heterocycles. The molecule has 2 aliphatic rings. The minimum atomic E-state index is -0.926. The minimum absolute atomic E-state index is 0.103. The van der Waals surface area contributed by atoms with E-state index in [0.29, 0.717) is 19.6 Å². The Kier molecular flexibility index (Phi) is 4.04. The number of methoxy groups -OCH3 is 1. The van der Waals surface area contributed by atoms with E-state index in [1.165, 1.54) is 13.2 Å². The number of aliphatic carboxylic acids is 1. The van der Waals surface area contributed by atoms with Gasteiger partial charge in [0.15, 0.2) is 0 Å². The van der Waals surface area contributed by atoms with E-state index < -0.39 is 17.4 Å². The Morgan fingerprint density at radius 2 is 1.83 bits per heavy atom. The average molecular weight is 332 g/mol. The van der Waals surface area contributed by atoms with Crippen molar-refractivity contribution < 1.29 is 24.2 Å². The highest BCUT2D eigenvalue weighted by atomic mass is 16.5. The van der Waals surface area contributed by atoms with Crippen molar-refractivity contribution in [1.29, 1.82) is 0 Å². The Balaban J connectivity index is 1.89. The summed E-state index contributed by atoms with van der Waals surface area (Å²) in [7, 11) is 3.15. The van der Waals surface area contributed by atoms with Crippen molar-refractivity contribution in [2.24, 2.45) is 11.3 Å². The Hall–Kier alpha value is -2.41. The number of amides is 1. The van der Waals surface area contributed by atoms with Crippen LogP contribution in [-0.4, -0.2) is 73.1 Å². The summed E-state index contributed by atoms with van der Waals surface area (Å²) in [5.74, 6) is -1.87. The van der Waals surface area contributed by atoms with Crippen LogP contribution in [-0.2, 0) is 9.53 Å². The molecule has 0 aliphatic carbocycles. The zero-order valence-electron chi connectivity index (χ0n) is 13.7. The molecule has 0 spiro atoms. The summed E-state index contributed by atoms with van der Waals surface area (Å²) >= 11 is 0. The van der Waals surface area contributed by atoms with Crippen LogP contribution in [0, 0.1) is 11.3 Å². The number of benzene rings is 1. The van der Waals surface area contributed by atoms with Crippen LogP contribution < -0.4 is 0 Å². The number of fused-ring (bicyclic) bond motifs is 1. The second-order valence-electron chi connectivity index (χ2n) is 6.58. The number of ether oxygens (including phenoxy) is 1. The molecule has 2 aliphatic heterocycles. The fourth-order valence-electron chi connectivity index (χ4n) is 3.90. The zero-order chi connectivity index (χ0) is 17.5. The van der Waals surface area contributed by atoms with E-state index in [2.05, 4.69) is 0 Å². The first kappa shape index (κ1) is 16.4. The molecular weight excluding hydrogens is 312 g/mol. The highest BCUT2D eigenvalue weighted by molar-refractivity contribution is 6.05. The van der Waals surface area contributed by atoms with Gasteiger partial charge in [-0.25, -0.2) is 4.79 Å². The first-order valence-corrected chi connectivity index (χ1v) is 7.77. The maximum absolute atomic E-state index is 12.9. The molecule has 0 bridgehead atoms. The van der Waals surface area contributed by atoms with Gasteiger partial charge in [-0.2, -0.15) is 0 Å². The molecule has 7 nitrogen and oxygen atoms in total. The van der Waals surface area contributed by atoms with E-state index in [9.17, 15) is 19.5 Å². The topological polar surface area (TPSA) is 87.2 Å². The van der Waals surface area contributed by atoms with Crippen LogP contribution in [0.25, 0.3) is 0 Å². The SMILES string of the molecule is COC(=O)c1ccccc1C(=O)N1C[C@H]2CN(C)C[C@@]2(C(=O)O)C1. The molecule has 1 N–H and O–H groups in total. The smallest absolute Gasteiger partial charge is 0.338 e. The third-order valence-corrected chi connectivity index (χ3v) is 5.06. The molecule has 24 heavy (non-hydrogen) atoms. The predicted octanol–water partition coefficient (Wildman–Crippen LogP) is 0.562. The van der Waals surface area contributed by atoms with E-state index in [1.807, 2.05) is 11.9 Å². The van der Waals surface area contributed by atoms with Crippen molar-refractivity contribution in [2.45, 2.75) is 0 Å². The van der Waals surface area contributed by atoms with E-state index in [1.54, 1.807) is 23.1 Å². The number of rotatable bonds is 3. The summed E-state index contributed by atoms with van der Waals surface area (Å²) < 4.78 is 4.73. The van der Waals surface area contributed by atoms with Crippen LogP contribution in [0.2, 0.25) is 0 Å². The van der Waals surface area contributed by atoms with Gasteiger partial charge in [0.05, 0.1) is 18.2 Å². The number of carbonyl (C=O) groups excluding carboxylic acids is 2. The lowest BCUT2D eigenvalue weighted by Gasteiger charge is -2.24. The van der Waals surface area contributed by atoms with Crippen molar-refractivity contribution in [3.8, 4) is 0 Å². The number of likely N-dealkylation sites (tertiary alicyclic amines) is 2. The molecule has 0 radical (unpaired) electrons. The molecule has 0 unspecified atom stereocenters. The van der Waals surface area contributed by atoms with Crippen LogP contribution in [0.1, 0.15) is 20.7 Å². The van der Waals surface area contributed by atoms with Gasteiger partial charge in [0.2, 0.25) is 0 Å². The van der Waals surface area contributed by atoms with E-state index in [0.717, 1.165) is 0 Å². The van der Waals surface area contributed by atoms with Crippen LogP contribution in [0.4, 0.5) is 0 Å². The number of carboxylic acid groups (broad SMARTS) is 1. The van der Waals surface area contributed by atoms with Gasteiger partial charge < -0.3 is 19.6 Å². The normalized spacial score (nSPS) is 26.2. The summed E-state index contributed by atoms with van der Waals surface area (Å²) in [6.07, 6.45) is 0. The Bertz CT molecular complexity index is 704. The number of carbonyl (C=O) groups is 3. The number of nitrogens with zero attached hydrogens (tertiary/aromatic N) is 2. The summed E-state index contributed by atoms with van der Waals surface area (Å²) in [5, 5.41) is 9.70. The zero-order valence-corrected chi connectivity index (χ0v) is 13.7. The summed E-state index contributed by atoms with van der Waals surface area (Å²) in [6, 6.07) is 6.45. The van der Waals surface area contributed by atoms with Gasteiger partial charge >= 0.3 is 11.9 Å². The lowest BCUT2D eigenvalue weighted by atomic mass is 9.81. The van der Waals surface area contributed by atoms with Crippen molar-refractivity contribution in [3.63, 3.8) is 0 Å². The molecule has 128 valence electrons. The van der Waals surface area contributed by atoms with E-state index in [4.69, 9.17) is 4.74 Å². The van der Waals surface area contributed by atoms with Gasteiger partial charge in [0, 0.05) is 32.1 Å². The lowest BCUT2D eigenvalue weighted by Crippen LogP contribution is -2.41. The fourth-order valence-corrected chi connectivity index (χ4v) is 3.90. The molecule has 0 saturated carbocycles. The third kappa shape index (κ3) is 2.45. The predicted molar refractivity (Wildman–Crippen MR) is 84.7 cm³/mol. The molecule has 2 atom stereocenters. The first-order valence-electron chi connectivity index (χ1n) is 7.77. The Morgan fingerprint density at radius 1 is 1.17 bits per heavy atom. The maximum atomic E-state index is 12.9. The monoisotopic (exact) mass is 332 g/mol. The Labute approximate surface area is 139 Å². The maximum Gasteiger partial charge on any atom is 0.338 e. The van der Waals surface area contributed by atoms with Gasteiger partial charge in [-0.05, 0) is 19.2 Å². The van der Waals surface area contributed by atoms with Crippen molar-refractivity contribution >= 4 is 17.8 Å². The molecule has 2 fully saturated rings. The fraction of sp³-hybridized carbons (Fsp3) is 0.471. The number of esters is 1. The summed E-state index contributed by atoms with van der Waals surface area (Å²) in [4.78, 5) is 40.1. The number of carboxylic acids is 1. The third-order valence-electron chi connectivity index (χ3n) is 5.06. The molecule has 3 rings (SSSR count). The molecule has 2 saturated heterocycles. The van der Waals surface area contributed by atoms with Gasteiger partial charge in [0.1, 0.15) is 5.41 Å². The van der Waals surface area contributed by atoms with Crippen molar-refractivity contribution in [1.82, 2.24) is 9.80 Å². The molecule has 1 aromatic carbocycles. The standard InChI is InChI=1S/C17H20N2O5/c1-18-7-11-8-19(10-17(11,9-18)16(22)23)14(20)12-5-3-4-6-13(12)15(21)24-2/h3-6,11H,7-10H2,1-2H3,(H,22,23)/t11-,17-/m1/s1. The van der Waals surface area contributed by atoms with Crippen molar-refractivity contribution in [3.05, 3.63) is 35.4 Å². The van der Waals surface area contributed by atoms with Gasteiger partial charge in [-0.15, -0.1) is 0 Å². The quantitative estimate of drug-likeness (QED) is 0.814. The van der Waals surface area contributed by atoms with Crippen LogP contribution in [0.15, 0.2) is 24.3 Å². The van der Waals surface area contributed by atoms with Crippen LogP contribution in [0.5, 0.6) is 0 Å². The lowest BCUT2D eigenvalue weighted by molar-refractivity contribution is -0.148. The second-order valence-corrected chi connectivity index (χ2v) is 6.58. The minimum Gasteiger partial charge on any atom is -0.481 e. The van der Waals surface area contributed by atoms with Crippen molar-refractivity contribution in [2.75, 3.05) is 40.3 Å². The molecule has 2 heterocycles. The molecule has 7 heteroatoms.